The summed E-state index contributed by atoms with van der Waals surface area (Å²) in [6, 6.07) is 11.5. The number of nitrogens with two attached hydrogens (primary N) is 1. The van der Waals surface area contributed by atoms with Gasteiger partial charge in [-0.05, 0) is 30.3 Å². The highest BCUT2D eigenvalue weighted by Crippen LogP contribution is 2.33. The molecule has 0 amide bonds. The Hall–Kier alpha value is -1.92. The van der Waals surface area contributed by atoms with Gasteiger partial charge in [-0.2, -0.15) is 0 Å². The Morgan fingerprint density at radius 1 is 1.14 bits per heavy atom. The summed E-state index contributed by atoms with van der Waals surface area (Å²) in [5.41, 5.74) is 6.17. The fourth-order valence-electron chi connectivity index (χ4n) is 2.14. The SMILES string of the molecule is COc1ccccc1C(CN)S(=O)(=O)c1ccc(F)cc1. The van der Waals surface area contributed by atoms with Crippen LogP contribution in [0.5, 0.6) is 5.75 Å². The van der Waals surface area contributed by atoms with E-state index in [1.807, 2.05) is 0 Å². The summed E-state index contributed by atoms with van der Waals surface area (Å²) in [6.45, 7) is -0.0971. The Balaban J connectivity index is 2.52. The smallest absolute Gasteiger partial charge is 0.186 e. The Morgan fingerprint density at radius 2 is 1.76 bits per heavy atom. The molecular formula is C15H16FNO3S. The Morgan fingerprint density at radius 3 is 2.33 bits per heavy atom. The lowest BCUT2D eigenvalue weighted by Gasteiger charge is -2.18. The van der Waals surface area contributed by atoms with Crippen LogP contribution in [0.3, 0.4) is 0 Å². The average Bonchev–Trinajstić information content (AvgIpc) is 2.48. The largest absolute Gasteiger partial charge is 0.496 e. The molecule has 2 N–H and O–H groups in total. The van der Waals surface area contributed by atoms with E-state index >= 15 is 0 Å². The van der Waals surface area contributed by atoms with Crippen molar-refractivity contribution in [1.82, 2.24) is 0 Å². The Kier molecular flexibility index (Phi) is 4.59. The van der Waals surface area contributed by atoms with Crippen molar-refractivity contribution in [3.8, 4) is 5.75 Å². The molecule has 112 valence electrons. The third-order valence-corrected chi connectivity index (χ3v) is 5.34. The second-order valence-corrected chi connectivity index (χ2v) is 6.60. The van der Waals surface area contributed by atoms with Crippen LogP contribution in [0.4, 0.5) is 4.39 Å². The maximum Gasteiger partial charge on any atom is 0.186 e. The van der Waals surface area contributed by atoms with Gasteiger partial charge < -0.3 is 10.5 Å². The van der Waals surface area contributed by atoms with Crippen molar-refractivity contribution in [1.29, 1.82) is 0 Å². The maximum absolute atomic E-state index is 13.0. The van der Waals surface area contributed by atoms with Crippen LogP contribution in [0.2, 0.25) is 0 Å². The highest BCUT2D eigenvalue weighted by Gasteiger charge is 2.30. The third-order valence-electron chi connectivity index (χ3n) is 3.22. The lowest BCUT2D eigenvalue weighted by molar-refractivity contribution is 0.408. The first-order valence-electron chi connectivity index (χ1n) is 6.33. The molecule has 2 aromatic rings. The van der Waals surface area contributed by atoms with Gasteiger partial charge in [-0.15, -0.1) is 0 Å². The van der Waals surface area contributed by atoms with Crippen LogP contribution in [0, 0.1) is 5.82 Å². The first-order chi connectivity index (χ1) is 10.0. The van der Waals surface area contributed by atoms with E-state index in [4.69, 9.17) is 10.5 Å². The molecular weight excluding hydrogens is 293 g/mol. The van der Waals surface area contributed by atoms with Gasteiger partial charge in [0.15, 0.2) is 9.84 Å². The number of rotatable bonds is 5. The zero-order chi connectivity index (χ0) is 15.5. The van der Waals surface area contributed by atoms with Gasteiger partial charge in [0.2, 0.25) is 0 Å². The third kappa shape index (κ3) is 3.06. The number of hydrogen-bond donors (Lipinski definition) is 1. The van der Waals surface area contributed by atoms with Crippen LogP contribution in [-0.4, -0.2) is 22.1 Å². The van der Waals surface area contributed by atoms with E-state index in [2.05, 4.69) is 0 Å². The molecule has 2 rings (SSSR count). The number of methoxy groups -OCH3 is 1. The number of para-hydroxylation sites is 1. The van der Waals surface area contributed by atoms with Crippen LogP contribution in [0.15, 0.2) is 53.4 Å². The highest BCUT2D eigenvalue weighted by atomic mass is 32.2. The Bertz CT molecular complexity index is 714. The van der Waals surface area contributed by atoms with Crippen LogP contribution in [0.1, 0.15) is 10.8 Å². The van der Waals surface area contributed by atoms with Gasteiger partial charge in [-0.3, -0.25) is 0 Å². The molecule has 0 fully saturated rings. The number of hydrogen-bond acceptors (Lipinski definition) is 4. The van der Waals surface area contributed by atoms with Gasteiger partial charge in [-0.25, -0.2) is 12.8 Å². The molecule has 0 radical (unpaired) electrons. The van der Waals surface area contributed by atoms with E-state index < -0.39 is 20.9 Å². The molecule has 0 bridgehead atoms. The molecule has 4 nitrogen and oxygen atoms in total. The minimum absolute atomic E-state index is 0.0326. The normalized spacial score (nSPS) is 12.9. The van der Waals surface area contributed by atoms with E-state index in [-0.39, 0.29) is 11.4 Å². The molecule has 0 aliphatic heterocycles. The Labute approximate surface area is 123 Å². The van der Waals surface area contributed by atoms with E-state index in [1.165, 1.54) is 19.2 Å². The van der Waals surface area contributed by atoms with Crippen molar-refractivity contribution in [2.45, 2.75) is 10.1 Å². The standard InChI is InChI=1S/C15H16FNO3S/c1-20-14-5-3-2-4-13(14)15(10-17)21(18,19)12-8-6-11(16)7-9-12/h2-9,15H,10,17H2,1H3. The van der Waals surface area contributed by atoms with Crippen molar-refractivity contribution in [2.75, 3.05) is 13.7 Å². The zero-order valence-electron chi connectivity index (χ0n) is 11.5. The molecule has 0 saturated heterocycles. The molecule has 1 atom stereocenters. The fourth-order valence-corrected chi connectivity index (χ4v) is 3.77. The van der Waals surface area contributed by atoms with Crippen LogP contribution in [0.25, 0.3) is 0 Å². The molecule has 1 unspecified atom stereocenters. The number of ether oxygens (including phenoxy) is 1. The second-order valence-electron chi connectivity index (χ2n) is 4.47. The fraction of sp³-hybridized carbons (Fsp3) is 0.200. The first kappa shape index (κ1) is 15.5. The van der Waals surface area contributed by atoms with Crippen molar-refractivity contribution >= 4 is 9.84 Å². The first-order valence-corrected chi connectivity index (χ1v) is 7.87. The summed E-state index contributed by atoms with van der Waals surface area (Å²) in [4.78, 5) is 0.0326. The van der Waals surface area contributed by atoms with Crippen molar-refractivity contribution < 1.29 is 17.5 Å². The van der Waals surface area contributed by atoms with Gasteiger partial charge in [0.1, 0.15) is 16.8 Å². The van der Waals surface area contributed by atoms with Crippen molar-refractivity contribution in [3.05, 3.63) is 59.9 Å². The van der Waals surface area contributed by atoms with Gasteiger partial charge >= 0.3 is 0 Å². The summed E-state index contributed by atoms with van der Waals surface area (Å²) >= 11 is 0. The molecule has 6 heteroatoms. The number of sulfone groups is 1. The molecule has 0 aliphatic rings. The molecule has 0 heterocycles. The second kappa shape index (κ2) is 6.24. The molecule has 0 saturated carbocycles. The predicted molar refractivity (Wildman–Crippen MR) is 78.4 cm³/mol. The van der Waals surface area contributed by atoms with E-state index in [0.29, 0.717) is 11.3 Å². The van der Waals surface area contributed by atoms with Gasteiger partial charge in [0, 0.05) is 12.1 Å². The quantitative estimate of drug-likeness (QED) is 0.861. The summed E-state index contributed by atoms with van der Waals surface area (Å²) in [7, 11) is -2.26. The summed E-state index contributed by atoms with van der Waals surface area (Å²) in [5.74, 6) is -0.0332. The molecule has 21 heavy (non-hydrogen) atoms. The van der Waals surface area contributed by atoms with Crippen LogP contribution >= 0.6 is 0 Å². The molecule has 0 aromatic heterocycles. The highest BCUT2D eigenvalue weighted by molar-refractivity contribution is 7.91. The number of halogens is 1. The zero-order valence-corrected chi connectivity index (χ0v) is 12.3. The average molecular weight is 309 g/mol. The van der Waals surface area contributed by atoms with E-state index in [1.54, 1.807) is 24.3 Å². The molecule has 2 aromatic carbocycles. The lowest BCUT2D eigenvalue weighted by atomic mass is 10.1. The summed E-state index contributed by atoms with van der Waals surface area (Å²) in [5, 5.41) is -0.945. The topological polar surface area (TPSA) is 69.4 Å². The summed E-state index contributed by atoms with van der Waals surface area (Å²) < 4.78 is 43.5. The lowest BCUT2D eigenvalue weighted by Crippen LogP contribution is -2.22. The van der Waals surface area contributed by atoms with Crippen LogP contribution in [-0.2, 0) is 9.84 Å². The summed E-state index contributed by atoms with van der Waals surface area (Å²) in [6.07, 6.45) is 0. The number of benzene rings is 2. The van der Waals surface area contributed by atoms with Gasteiger partial charge in [-0.1, -0.05) is 18.2 Å². The maximum atomic E-state index is 13.0. The van der Waals surface area contributed by atoms with Gasteiger partial charge in [0.05, 0.1) is 12.0 Å². The minimum atomic E-state index is -3.73. The van der Waals surface area contributed by atoms with Crippen molar-refractivity contribution in [3.63, 3.8) is 0 Å². The van der Waals surface area contributed by atoms with E-state index in [0.717, 1.165) is 12.1 Å². The predicted octanol–water partition coefficient (Wildman–Crippen LogP) is 2.31. The van der Waals surface area contributed by atoms with E-state index in [9.17, 15) is 12.8 Å². The molecule has 0 aliphatic carbocycles. The minimum Gasteiger partial charge on any atom is -0.496 e. The van der Waals surface area contributed by atoms with Crippen molar-refractivity contribution in [2.24, 2.45) is 5.73 Å². The van der Waals surface area contributed by atoms with Gasteiger partial charge in [0.25, 0.3) is 0 Å². The monoisotopic (exact) mass is 309 g/mol. The molecule has 0 spiro atoms. The van der Waals surface area contributed by atoms with Crippen LogP contribution < -0.4 is 10.5 Å².